The molecule has 10 heteroatoms. The van der Waals surface area contributed by atoms with E-state index in [-0.39, 0.29) is 17.4 Å². The van der Waals surface area contributed by atoms with Crippen molar-refractivity contribution in [2.75, 3.05) is 32.6 Å². The van der Waals surface area contributed by atoms with Gasteiger partial charge in [-0.2, -0.15) is 15.1 Å². The number of likely N-dealkylation sites (tertiary alicyclic amines) is 1. The predicted octanol–water partition coefficient (Wildman–Crippen LogP) is 3.55. The fourth-order valence-corrected chi connectivity index (χ4v) is 3.94. The Labute approximate surface area is 185 Å². The first-order chi connectivity index (χ1) is 14.9. The summed E-state index contributed by atoms with van der Waals surface area (Å²) >= 11 is 6.19. The molecule has 31 heavy (non-hydrogen) atoms. The van der Waals surface area contributed by atoms with Crippen LogP contribution >= 0.6 is 11.6 Å². The van der Waals surface area contributed by atoms with Gasteiger partial charge in [-0.1, -0.05) is 29.8 Å². The van der Waals surface area contributed by atoms with Gasteiger partial charge in [0, 0.05) is 33.2 Å². The first kappa shape index (κ1) is 21.0. The Morgan fingerprint density at radius 2 is 2.06 bits per heavy atom. The first-order valence-corrected chi connectivity index (χ1v) is 10.5. The molecule has 2 aromatic heterocycles. The molecule has 1 N–H and O–H groups in total. The van der Waals surface area contributed by atoms with E-state index in [0.29, 0.717) is 30.1 Å². The van der Waals surface area contributed by atoms with Crippen LogP contribution in [0.5, 0.6) is 0 Å². The monoisotopic (exact) mass is 440 g/mol. The number of carbonyl (C=O) groups is 1. The minimum absolute atomic E-state index is 0.0391. The molecule has 0 unspecified atom stereocenters. The average Bonchev–Trinajstić information content (AvgIpc) is 3.17. The fraction of sp³-hybridized carbons (Fsp3) is 0.381. The maximum Gasteiger partial charge on any atom is 0.319 e. The molecule has 0 saturated carbocycles. The molecule has 3 heterocycles. The Hall–Kier alpha value is -3.20. The Balaban J connectivity index is 1.52. The quantitative estimate of drug-likeness (QED) is 0.380. The van der Waals surface area contributed by atoms with E-state index in [0.717, 1.165) is 24.0 Å². The van der Waals surface area contributed by atoms with Gasteiger partial charge in [0.25, 0.3) is 0 Å². The van der Waals surface area contributed by atoms with Gasteiger partial charge >= 0.3 is 6.03 Å². The van der Waals surface area contributed by atoms with Crippen LogP contribution in [0.15, 0.2) is 35.7 Å². The number of aromatic nitrogens is 4. The lowest BCUT2D eigenvalue weighted by atomic mass is 10.1. The molecular formula is C21H25ClN8O. The maximum absolute atomic E-state index is 12.2. The predicted molar refractivity (Wildman–Crippen MR) is 122 cm³/mol. The molecule has 1 aliphatic heterocycles. The number of fused-ring (bicyclic) bond motifs is 1. The first-order valence-electron chi connectivity index (χ1n) is 10.1. The van der Waals surface area contributed by atoms with Crippen LogP contribution in [0.4, 0.5) is 10.6 Å². The van der Waals surface area contributed by atoms with Crippen molar-refractivity contribution in [3.8, 4) is 0 Å². The second-order valence-electron chi connectivity index (χ2n) is 7.84. The molecule has 0 bridgehead atoms. The standard InChI is InChI=1S/C21H25ClN8O/c1-14-5-4-6-15(11-14)12-24-27-18-17-19(26-20(22)25-18)30(13-23-17)16-7-9-29(10-8-16)21(31)28(2)3/h4-6,11-13,16H,7-10H2,1-3H3,(H,25,26,27)/b24-12+. The van der Waals surface area contributed by atoms with Crippen LogP contribution in [0.2, 0.25) is 5.28 Å². The molecule has 4 rings (SSSR count). The highest BCUT2D eigenvalue weighted by atomic mass is 35.5. The third-order valence-electron chi connectivity index (χ3n) is 5.33. The minimum Gasteiger partial charge on any atom is -0.331 e. The SMILES string of the molecule is Cc1cccc(/C=N/Nc2nc(Cl)nc3c2ncn3C2CCN(C(=O)N(C)C)CC2)c1. The molecule has 1 fully saturated rings. The molecule has 9 nitrogen and oxygen atoms in total. The molecule has 0 radical (unpaired) electrons. The van der Waals surface area contributed by atoms with Gasteiger partial charge in [0.1, 0.15) is 0 Å². The summed E-state index contributed by atoms with van der Waals surface area (Å²) in [4.78, 5) is 28.8. The van der Waals surface area contributed by atoms with Crippen LogP contribution in [0.25, 0.3) is 11.2 Å². The van der Waals surface area contributed by atoms with Crippen molar-refractivity contribution in [1.29, 1.82) is 0 Å². The van der Waals surface area contributed by atoms with Crippen LogP contribution in [-0.2, 0) is 0 Å². The molecule has 162 valence electrons. The number of piperidine rings is 1. The maximum atomic E-state index is 12.2. The second kappa shape index (κ2) is 8.89. The number of halogens is 1. The van der Waals surface area contributed by atoms with E-state index in [2.05, 4.69) is 25.5 Å². The topological polar surface area (TPSA) is 91.5 Å². The molecular weight excluding hydrogens is 416 g/mol. The zero-order valence-electron chi connectivity index (χ0n) is 17.8. The van der Waals surface area contributed by atoms with Gasteiger partial charge in [0.05, 0.1) is 12.5 Å². The number of anilines is 1. The number of aryl methyl sites for hydroxylation is 1. The third-order valence-corrected chi connectivity index (χ3v) is 5.50. The van der Waals surface area contributed by atoms with Crippen molar-refractivity contribution in [2.24, 2.45) is 5.10 Å². The molecule has 0 aliphatic carbocycles. The highest BCUT2D eigenvalue weighted by Gasteiger charge is 2.26. The number of urea groups is 1. The second-order valence-corrected chi connectivity index (χ2v) is 8.18. The summed E-state index contributed by atoms with van der Waals surface area (Å²) in [6.07, 6.45) is 5.13. The summed E-state index contributed by atoms with van der Waals surface area (Å²) < 4.78 is 2.02. The number of hydrazone groups is 1. The van der Waals surface area contributed by atoms with Gasteiger partial charge in [-0.3, -0.25) is 5.43 Å². The van der Waals surface area contributed by atoms with E-state index in [4.69, 9.17) is 11.6 Å². The van der Waals surface area contributed by atoms with Gasteiger partial charge in [-0.15, -0.1) is 0 Å². The fourth-order valence-electron chi connectivity index (χ4n) is 3.77. The van der Waals surface area contributed by atoms with E-state index < -0.39 is 0 Å². The number of carbonyl (C=O) groups excluding carboxylic acids is 1. The van der Waals surface area contributed by atoms with Crippen molar-refractivity contribution >= 4 is 40.8 Å². The average molecular weight is 441 g/mol. The third kappa shape index (κ3) is 4.61. The van der Waals surface area contributed by atoms with Crippen LogP contribution in [0, 0.1) is 6.92 Å². The van der Waals surface area contributed by atoms with E-state index >= 15 is 0 Å². The van der Waals surface area contributed by atoms with Crippen molar-refractivity contribution in [2.45, 2.75) is 25.8 Å². The van der Waals surface area contributed by atoms with Crippen LogP contribution in [0.1, 0.15) is 30.0 Å². The molecule has 0 spiro atoms. The van der Waals surface area contributed by atoms with Gasteiger partial charge in [-0.25, -0.2) is 9.78 Å². The highest BCUT2D eigenvalue weighted by Crippen LogP contribution is 2.29. The van der Waals surface area contributed by atoms with E-state index in [1.807, 2.05) is 40.7 Å². The number of hydrogen-bond acceptors (Lipinski definition) is 6. The van der Waals surface area contributed by atoms with Crippen LogP contribution < -0.4 is 5.43 Å². The Bertz CT molecular complexity index is 1120. The molecule has 2 amide bonds. The summed E-state index contributed by atoms with van der Waals surface area (Å²) in [6.45, 7) is 3.41. The highest BCUT2D eigenvalue weighted by molar-refractivity contribution is 6.28. The number of rotatable bonds is 4. The minimum atomic E-state index is 0.0391. The molecule has 1 saturated heterocycles. The summed E-state index contributed by atoms with van der Waals surface area (Å²) in [5, 5.41) is 4.42. The summed E-state index contributed by atoms with van der Waals surface area (Å²) in [5.41, 5.74) is 6.35. The van der Waals surface area contributed by atoms with Crippen molar-refractivity contribution in [3.63, 3.8) is 0 Å². The lowest BCUT2D eigenvalue weighted by Crippen LogP contribution is -2.44. The number of nitrogens with one attached hydrogen (secondary N) is 1. The van der Waals surface area contributed by atoms with Crippen LogP contribution in [0.3, 0.4) is 0 Å². The van der Waals surface area contributed by atoms with E-state index in [9.17, 15) is 4.79 Å². The van der Waals surface area contributed by atoms with Gasteiger partial charge < -0.3 is 14.4 Å². The van der Waals surface area contributed by atoms with Gasteiger partial charge in [0.15, 0.2) is 17.0 Å². The number of hydrogen-bond donors (Lipinski definition) is 1. The Morgan fingerprint density at radius 3 is 2.77 bits per heavy atom. The van der Waals surface area contributed by atoms with Gasteiger partial charge in [0.2, 0.25) is 5.28 Å². The summed E-state index contributed by atoms with van der Waals surface area (Å²) in [6, 6.07) is 8.25. The number of imidazole rings is 1. The molecule has 3 aromatic rings. The number of benzene rings is 1. The number of nitrogens with zero attached hydrogens (tertiary/aromatic N) is 7. The normalized spacial score (nSPS) is 15.0. The number of amides is 2. The molecule has 1 aromatic carbocycles. The van der Waals surface area contributed by atoms with Crippen molar-refractivity contribution in [1.82, 2.24) is 29.3 Å². The Kier molecular flexibility index (Phi) is 6.03. The Morgan fingerprint density at radius 1 is 1.29 bits per heavy atom. The summed E-state index contributed by atoms with van der Waals surface area (Å²) in [5.74, 6) is 0.456. The molecule has 1 aliphatic rings. The zero-order chi connectivity index (χ0) is 22.0. The smallest absolute Gasteiger partial charge is 0.319 e. The van der Waals surface area contributed by atoms with E-state index in [1.54, 1.807) is 31.5 Å². The van der Waals surface area contributed by atoms with Crippen molar-refractivity contribution in [3.05, 3.63) is 47.0 Å². The molecule has 0 atom stereocenters. The zero-order valence-corrected chi connectivity index (χ0v) is 18.5. The lowest BCUT2D eigenvalue weighted by Gasteiger charge is -2.34. The largest absolute Gasteiger partial charge is 0.331 e. The van der Waals surface area contributed by atoms with E-state index in [1.165, 1.54) is 0 Å². The van der Waals surface area contributed by atoms with Crippen molar-refractivity contribution < 1.29 is 4.79 Å². The van der Waals surface area contributed by atoms with Gasteiger partial charge in [-0.05, 0) is 36.9 Å². The summed E-state index contributed by atoms with van der Waals surface area (Å²) in [7, 11) is 3.54. The lowest BCUT2D eigenvalue weighted by molar-refractivity contribution is 0.149. The van der Waals surface area contributed by atoms with Crippen LogP contribution in [-0.4, -0.2) is 68.7 Å².